The maximum atomic E-state index is 11.4. The summed E-state index contributed by atoms with van der Waals surface area (Å²) >= 11 is 9.78. The van der Waals surface area contributed by atoms with E-state index >= 15 is 0 Å². The molecule has 1 aromatic carbocycles. The first-order valence-electron chi connectivity index (χ1n) is 4.15. The monoisotopic (exact) mass is 261 g/mol. The Morgan fingerprint density at radius 3 is 2.62 bits per heavy atom. The highest BCUT2D eigenvalue weighted by Crippen LogP contribution is 2.35. The number of hydrogen-bond acceptors (Lipinski definition) is 5. The van der Waals surface area contributed by atoms with E-state index in [-0.39, 0.29) is 21.2 Å². The number of hydrogen-bond donors (Lipinski definition) is 1. The second-order valence-electron chi connectivity index (χ2n) is 2.98. The number of carbonyl (C=O) groups excluding carboxylic acids is 1. The molecule has 0 saturated heterocycles. The Balaban J connectivity index is 3.53. The van der Waals surface area contributed by atoms with E-state index in [1.54, 1.807) is 6.92 Å². The number of nitrogens with zero attached hydrogens (tertiary/aromatic N) is 1. The molecule has 0 fully saturated rings. The van der Waals surface area contributed by atoms with Gasteiger partial charge in [-0.1, -0.05) is 11.6 Å². The molecular weight excluding hydrogens is 254 g/mol. The van der Waals surface area contributed by atoms with Crippen LogP contribution in [0.5, 0.6) is 0 Å². The van der Waals surface area contributed by atoms with Crippen LogP contribution in [0.2, 0.25) is 5.02 Å². The van der Waals surface area contributed by atoms with Crippen LogP contribution in [-0.4, -0.2) is 18.0 Å². The van der Waals surface area contributed by atoms with Gasteiger partial charge in [0, 0.05) is 11.0 Å². The standard InChI is InChI=1S/C9H8ClNO4S/c1-4-5(9(12)15-2)3-6(11(13)14)7(10)8(4)16/h3,16H,1-2H3. The highest BCUT2D eigenvalue weighted by atomic mass is 35.5. The zero-order chi connectivity index (χ0) is 12.5. The van der Waals surface area contributed by atoms with Crippen molar-refractivity contribution < 1.29 is 14.5 Å². The van der Waals surface area contributed by atoms with E-state index in [4.69, 9.17) is 11.6 Å². The lowest BCUT2D eigenvalue weighted by Crippen LogP contribution is -2.06. The maximum Gasteiger partial charge on any atom is 0.338 e. The minimum atomic E-state index is -0.673. The Labute approximate surface area is 102 Å². The van der Waals surface area contributed by atoms with E-state index in [2.05, 4.69) is 17.4 Å². The molecule has 86 valence electrons. The molecule has 0 spiro atoms. The number of nitro benzene ring substituents is 1. The van der Waals surface area contributed by atoms with Gasteiger partial charge in [0.2, 0.25) is 0 Å². The number of halogens is 1. The van der Waals surface area contributed by atoms with E-state index in [0.29, 0.717) is 5.56 Å². The minimum Gasteiger partial charge on any atom is -0.465 e. The number of thiol groups is 1. The number of nitro groups is 1. The summed E-state index contributed by atoms with van der Waals surface area (Å²) in [6, 6.07) is 1.09. The van der Waals surface area contributed by atoms with Crippen LogP contribution >= 0.6 is 24.2 Å². The van der Waals surface area contributed by atoms with Gasteiger partial charge in [-0.25, -0.2) is 4.79 Å². The Hall–Kier alpha value is -1.27. The summed E-state index contributed by atoms with van der Waals surface area (Å²) < 4.78 is 4.51. The molecule has 0 aliphatic rings. The minimum absolute atomic E-state index is 0.0847. The van der Waals surface area contributed by atoms with Crippen LogP contribution < -0.4 is 0 Å². The molecule has 0 radical (unpaired) electrons. The van der Waals surface area contributed by atoms with Crippen molar-refractivity contribution in [1.82, 2.24) is 0 Å². The molecule has 7 heteroatoms. The molecule has 0 atom stereocenters. The molecule has 0 amide bonds. The predicted octanol–water partition coefficient (Wildman–Crippen LogP) is 2.63. The van der Waals surface area contributed by atoms with Crippen molar-refractivity contribution in [2.45, 2.75) is 11.8 Å². The van der Waals surface area contributed by atoms with Gasteiger partial charge < -0.3 is 4.74 Å². The summed E-state index contributed by atoms with van der Waals surface area (Å²) in [5.74, 6) is -0.660. The molecule has 0 aromatic heterocycles. The molecule has 5 nitrogen and oxygen atoms in total. The number of esters is 1. The maximum absolute atomic E-state index is 11.4. The van der Waals surface area contributed by atoms with Gasteiger partial charge in [-0.3, -0.25) is 10.1 Å². The van der Waals surface area contributed by atoms with Gasteiger partial charge in [0.05, 0.1) is 17.6 Å². The third-order valence-corrected chi connectivity index (χ3v) is 3.15. The zero-order valence-electron chi connectivity index (χ0n) is 8.48. The first-order chi connectivity index (χ1) is 7.40. The van der Waals surface area contributed by atoms with Crippen LogP contribution in [0, 0.1) is 17.0 Å². The van der Waals surface area contributed by atoms with Crippen molar-refractivity contribution in [1.29, 1.82) is 0 Å². The second kappa shape index (κ2) is 4.71. The second-order valence-corrected chi connectivity index (χ2v) is 3.80. The quantitative estimate of drug-likeness (QED) is 0.385. The van der Waals surface area contributed by atoms with Crippen molar-refractivity contribution in [2.75, 3.05) is 7.11 Å². The zero-order valence-corrected chi connectivity index (χ0v) is 10.1. The Bertz CT molecular complexity index is 475. The van der Waals surface area contributed by atoms with Crippen molar-refractivity contribution in [3.05, 3.63) is 32.3 Å². The van der Waals surface area contributed by atoms with Gasteiger partial charge in [-0.15, -0.1) is 12.6 Å². The number of ether oxygens (including phenoxy) is 1. The van der Waals surface area contributed by atoms with Crippen molar-refractivity contribution >= 4 is 35.9 Å². The van der Waals surface area contributed by atoms with E-state index in [0.717, 1.165) is 6.07 Å². The summed E-state index contributed by atoms with van der Waals surface area (Å²) in [5.41, 5.74) is 0.173. The summed E-state index contributed by atoms with van der Waals surface area (Å²) in [5, 5.41) is 10.6. The summed E-state index contributed by atoms with van der Waals surface area (Å²) in [7, 11) is 1.19. The molecule has 1 rings (SSSR count). The highest BCUT2D eigenvalue weighted by molar-refractivity contribution is 7.80. The molecule has 0 aliphatic heterocycles. The summed E-state index contributed by atoms with van der Waals surface area (Å²) in [6.45, 7) is 1.59. The topological polar surface area (TPSA) is 69.4 Å². The molecule has 16 heavy (non-hydrogen) atoms. The van der Waals surface area contributed by atoms with Gasteiger partial charge in [0.15, 0.2) is 0 Å². The van der Waals surface area contributed by atoms with Crippen LogP contribution in [0.1, 0.15) is 15.9 Å². The summed E-state index contributed by atoms with van der Waals surface area (Å²) in [4.78, 5) is 21.6. The van der Waals surface area contributed by atoms with E-state index in [1.165, 1.54) is 7.11 Å². The average molecular weight is 262 g/mol. The molecule has 0 bridgehead atoms. The molecule has 0 unspecified atom stereocenters. The first-order valence-corrected chi connectivity index (χ1v) is 4.97. The van der Waals surface area contributed by atoms with Crippen molar-refractivity contribution in [3.8, 4) is 0 Å². The lowest BCUT2D eigenvalue weighted by atomic mass is 10.1. The molecule has 0 N–H and O–H groups in total. The third kappa shape index (κ3) is 2.12. The number of methoxy groups -OCH3 is 1. The smallest absolute Gasteiger partial charge is 0.338 e. The molecule has 0 saturated carbocycles. The van der Waals surface area contributed by atoms with Crippen LogP contribution in [0.15, 0.2) is 11.0 Å². The molecule has 0 aliphatic carbocycles. The van der Waals surface area contributed by atoms with Gasteiger partial charge >= 0.3 is 5.97 Å². The predicted molar refractivity (Wildman–Crippen MR) is 61.4 cm³/mol. The first kappa shape index (κ1) is 12.8. The van der Waals surface area contributed by atoms with E-state index in [9.17, 15) is 14.9 Å². The molecular formula is C9H8ClNO4S. The normalized spacial score (nSPS) is 10.0. The Kier molecular flexibility index (Phi) is 3.77. The number of rotatable bonds is 2. The SMILES string of the molecule is COC(=O)c1cc([N+](=O)[O-])c(Cl)c(S)c1C. The number of benzene rings is 1. The van der Waals surface area contributed by atoms with Crippen molar-refractivity contribution in [2.24, 2.45) is 0 Å². The average Bonchev–Trinajstić information content (AvgIpc) is 2.25. The van der Waals surface area contributed by atoms with Crippen LogP contribution in [0.3, 0.4) is 0 Å². The Morgan fingerprint density at radius 1 is 1.62 bits per heavy atom. The van der Waals surface area contributed by atoms with Gasteiger partial charge in [0.1, 0.15) is 5.02 Å². The lowest BCUT2D eigenvalue weighted by molar-refractivity contribution is -0.384. The largest absolute Gasteiger partial charge is 0.465 e. The summed E-state index contributed by atoms with van der Waals surface area (Å²) in [6.07, 6.45) is 0. The van der Waals surface area contributed by atoms with Crippen LogP contribution in [0.25, 0.3) is 0 Å². The van der Waals surface area contributed by atoms with Gasteiger partial charge in [-0.2, -0.15) is 0 Å². The lowest BCUT2D eigenvalue weighted by Gasteiger charge is -2.08. The fourth-order valence-electron chi connectivity index (χ4n) is 1.18. The third-order valence-electron chi connectivity index (χ3n) is 2.08. The highest BCUT2D eigenvalue weighted by Gasteiger charge is 2.23. The van der Waals surface area contributed by atoms with Crippen LogP contribution in [0.4, 0.5) is 5.69 Å². The fourth-order valence-corrected chi connectivity index (χ4v) is 1.68. The van der Waals surface area contributed by atoms with Gasteiger partial charge in [0.25, 0.3) is 5.69 Å². The molecule has 1 aromatic rings. The molecule has 0 heterocycles. The van der Waals surface area contributed by atoms with E-state index in [1.807, 2.05) is 0 Å². The number of carbonyl (C=O) groups is 1. The van der Waals surface area contributed by atoms with Crippen LogP contribution in [-0.2, 0) is 4.74 Å². The van der Waals surface area contributed by atoms with E-state index < -0.39 is 10.9 Å². The fraction of sp³-hybridized carbons (Fsp3) is 0.222. The van der Waals surface area contributed by atoms with Crippen molar-refractivity contribution in [3.63, 3.8) is 0 Å². The van der Waals surface area contributed by atoms with Gasteiger partial charge in [-0.05, 0) is 12.5 Å². The Morgan fingerprint density at radius 2 is 2.19 bits per heavy atom.